The van der Waals surface area contributed by atoms with Crippen LogP contribution in [0.4, 0.5) is 0 Å². The Labute approximate surface area is 175 Å². The van der Waals surface area contributed by atoms with E-state index in [0.717, 1.165) is 53.1 Å². The highest BCUT2D eigenvalue weighted by Gasteiger charge is 2.28. The van der Waals surface area contributed by atoms with Gasteiger partial charge in [0.15, 0.2) is 11.5 Å². The van der Waals surface area contributed by atoms with Crippen molar-refractivity contribution in [2.24, 2.45) is 0 Å². The maximum atomic E-state index is 13.0. The number of likely N-dealkylation sites (tertiary alicyclic amines) is 1. The van der Waals surface area contributed by atoms with Gasteiger partial charge in [-0.25, -0.2) is 9.50 Å². The van der Waals surface area contributed by atoms with Crippen LogP contribution in [0.1, 0.15) is 40.5 Å². The molecule has 0 aliphatic carbocycles. The molecule has 0 saturated carbocycles. The quantitative estimate of drug-likeness (QED) is 0.522. The molecule has 30 heavy (non-hydrogen) atoms. The number of nitrogens with zero attached hydrogens (tertiary/aromatic N) is 5. The van der Waals surface area contributed by atoms with E-state index in [1.807, 2.05) is 77.3 Å². The first-order chi connectivity index (χ1) is 14.7. The van der Waals surface area contributed by atoms with Crippen molar-refractivity contribution in [1.29, 1.82) is 0 Å². The maximum absolute atomic E-state index is 13.0. The number of rotatable bonds is 3. The van der Waals surface area contributed by atoms with Gasteiger partial charge in [0.05, 0.1) is 0 Å². The summed E-state index contributed by atoms with van der Waals surface area (Å²) >= 11 is 0. The lowest BCUT2D eigenvalue weighted by molar-refractivity contribution is 0.0704. The second kappa shape index (κ2) is 7.71. The highest BCUT2D eigenvalue weighted by molar-refractivity contribution is 5.95. The number of amides is 1. The molecule has 0 bridgehead atoms. The molecule has 6 nitrogen and oxygen atoms in total. The molecule has 1 amide bonds. The summed E-state index contributed by atoms with van der Waals surface area (Å²) in [4.78, 5) is 23.9. The van der Waals surface area contributed by atoms with Crippen LogP contribution in [0.3, 0.4) is 0 Å². The molecular formula is C24H23N5O. The van der Waals surface area contributed by atoms with Crippen molar-refractivity contribution in [1.82, 2.24) is 24.5 Å². The number of aryl methyl sites for hydroxylation is 1. The molecule has 0 radical (unpaired) electrons. The lowest BCUT2D eigenvalue weighted by atomic mass is 9.96. The Hall–Kier alpha value is -3.54. The summed E-state index contributed by atoms with van der Waals surface area (Å²) in [5, 5.41) is 4.75. The molecule has 0 N–H and O–H groups in total. The predicted molar refractivity (Wildman–Crippen MR) is 115 cm³/mol. The van der Waals surface area contributed by atoms with Crippen molar-refractivity contribution in [3.63, 3.8) is 0 Å². The fraction of sp³-hybridized carbons (Fsp3) is 0.250. The minimum absolute atomic E-state index is 0.0976. The van der Waals surface area contributed by atoms with Crippen LogP contribution < -0.4 is 0 Å². The maximum Gasteiger partial charge on any atom is 0.254 e. The molecule has 1 fully saturated rings. The van der Waals surface area contributed by atoms with Crippen LogP contribution in [0.2, 0.25) is 0 Å². The summed E-state index contributed by atoms with van der Waals surface area (Å²) in [7, 11) is 0. The second-order valence-electron chi connectivity index (χ2n) is 7.84. The van der Waals surface area contributed by atoms with E-state index in [9.17, 15) is 4.79 Å². The molecule has 150 valence electrons. The summed E-state index contributed by atoms with van der Waals surface area (Å²) in [6.45, 7) is 3.42. The first kappa shape index (κ1) is 18.5. The molecular weight excluding hydrogens is 374 g/mol. The number of benzene rings is 1. The van der Waals surface area contributed by atoms with Crippen molar-refractivity contribution >= 4 is 11.6 Å². The Kier molecular flexibility index (Phi) is 4.75. The smallest absolute Gasteiger partial charge is 0.254 e. The molecule has 1 aliphatic rings. The SMILES string of the molecule is Cc1ccccc1C(=O)N1CCCC(c2nc3ccc(-c4cccnc4)cn3n2)C1. The van der Waals surface area contributed by atoms with Gasteiger partial charge in [0.2, 0.25) is 0 Å². The van der Waals surface area contributed by atoms with Crippen molar-refractivity contribution in [3.05, 3.63) is 84.1 Å². The third-order valence-electron chi connectivity index (χ3n) is 5.79. The average Bonchev–Trinajstić information content (AvgIpc) is 3.23. The van der Waals surface area contributed by atoms with Crippen molar-refractivity contribution in [3.8, 4) is 11.1 Å². The molecule has 1 aliphatic heterocycles. The summed E-state index contributed by atoms with van der Waals surface area (Å²) in [5.41, 5.74) is 4.71. The van der Waals surface area contributed by atoms with Gasteiger partial charge in [-0.05, 0) is 49.6 Å². The summed E-state index contributed by atoms with van der Waals surface area (Å²) in [5.74, 6) is 1.05. The van der Waals surface area contributed by atoms with E-state index in [1.54, 1.807) is 6.20 Å². The third-order valence-corrected chi connectivity index (χ3v) is 5.79. The highest BCUT2D eigenvalue weighted by Crippen LogP contribution is 2.27. The van der Waals surface area contributed by atoms with E-state index in [0.29, 0.717) is 6.54 Å². The normalized spacial score (nSPS) is 16.7. The largest absolute Gasteiger partial charge is 0.338 e. The minimum atomic E-state index is 0.0976. The van der Waals surface area contributed by atoms with Crippen LogP contribution in [0.25, 0.3) is 16.8 Å². The molecule has 4 heterocycles. The fourth-order valence-electron chi connectivity index (χ4n) is 4.13. The summed E-state index contributed by atoms with van der Waals surface area (Å²) in [6.07, 6.45) is 7.54. The lowest BCUT2D eigenvalue weighted by Crippen LogP contribution is -2.39. The zero-order valence-electron chi connectivity index (χ0n) is 16.9. The van der Waals surface area contributed by atoms with Gasteiger partial charge in [-0.1, -0.05) is 24.3 Å². The van der Waals surface area contributed by atoms with Gasteiger partial charge in [-0.2, -0.15) is 5.10 Å². The molecule has 1 aromatic carbocycles. The molecule has 0 spiro atoms. The van der Waals surface area contributed by atoms with E-state index >= 15 is 0 Å². The topological polar surface area (TPSA) is 63.4 Å². The number of piperidine rings is 1. The molecule has 3 aromatic heterocycles. The molecule has 4 aromatic rings. The zero-order chi connectivity index (χ0) is 20.5. The fourth-order valence-corrected chi connectivity index (χ4v) is 4.13. The van der Waals surface area contributed by atoms with Crippen molar-refractivity contribution in [2.45, 2.75) is 25.7 Å². The number of aromatic nitrogens is 4. The summed E-state index contributed by atoms with van der Waals surface area (Å²) < 4.78 is 1.83. The Bertz CT molecular complexity index is 1200. The Morgan fingerprint density at radius 1 is 1.07 bits per heavy atom. The Morgan fingerprint density at radius 3 is 2.80 bits per heavy atom. The van der Waals surface area contributed by atoms with Crippen LogP contribution >= 0.6 is 0 Å². The lowest BCUT2D eigenvalue weighted by Gasteiger charge is -2.31. The minimum Gasteiger partial charge on any atom is -0.338 e. The van der Waals surface area contributed by atoms with E-state index in [-0.39, 0.29) is 11.8 Å². The van der Waals surface area contributed by atoms with Crippen LogP contribution in [-0.2, 0) is 0 Å². The molecule has 5 rings (SSSR count). The Balaban J connectivity index is 1.40. The van der Waals surface area contributed by atoms with Gasteiger partial charge in [-0.15, -0.1) is 0 Å². The number of carbonyl (C=O) groups excluding carboxylic acids is 1. The van der Waals surface area contributed by atoms with Gasteiger partial charge in [0.25, 0.3) is 5.91 Å². The zero-order valence-corrected chi connectivity index (χ0v) is 16.9. The molecule has 6 heteroatoms. The van der Waals surface area contributed by atoms with E-state index in [4.69, 9.17) is 10.1 Å². The number of hydrogen-bond acceptors (Lipinski definition) is 4. The monoisotopic (exact) mass is 397 g/mol. The van der Waals surface area contributed by atoms with Gasteiger partial charge in [0, 0.05) is 54.3 Å². The van der Waals surface area contributed by atoms with Gasteiger partial charge in [0.1, 0.15) is 0 Å². The van der Waals surface area contributed by atoms with E-state index in [1.165, 1.54) is 0 Å². The van der Waals surface area contributed by atoms with Crippen molar-refractivity contribution in [2.75, 3.05) is 13.1 Å². The highest BCUT2D eigenvalue weighted by atomic mass is 16.2. The first-order valence-electron chi connectivity index (χ1n) is 10.3. The predicted octanol–water partition coefficient (Wildman–Crippen LogP) is 4.12. The van der Waals surface area contributed by atoms with E-state index in [2.05, 4.69) is 4.98 Å². The molecule has 1 unspecified atom stereocenters. The average molecular weight is 397 g/mol. The molecule has 1 atom stereocenters. The standard InChI is InChI=1S/C24H23N5O/c1-17-6-2-3-9-21(17)24(30)28-13-5-8-20(15-28)23-26-22-11-10-19(16-29(22)27-23)18-7-4-12-25-14-18/h2-4,6-7,9-12,14,16,20H,5,8,13,15H2,1H3. The van der Waals surface area contributed by atoms with Crippen LogP contribution in [0.15, 0.2) is 67.1 Å². The number of hydrogen-bond donors (Lipinski definition) is 0. The van der Waals surface area contributed by atoms with Crippen molar-refractivity contribution < 1.29 is 4.79 Å². The number of fused-ring (bicyclic) bond motifs is 1. The summed E-state index contributed by atoms with van der Waals surface area (Å²) in [6, 6.07) is 15.8. The van der Waals surface area contributed by atoms with Crippen LogP contribution in [-0.4, -0.2) is 43.5 Å². The first-order valence-corrected chi connectivity index (χ1v) is 10.3. The van der Waals surface area contributed by atoms with Gasteiger partial charge < -0.3 is 4.90 Å². The Morgan fingerprint density at radius 2 is 1.97 bits per heavy atom. The third kappa shape index (κ3) is 3.45. The van der Waals surface area contributed by atoms with E-state index < -0.39 is 0 Å². The van der Waals surface area contributed by atoms with Gasteiger partial charge in [-0.3, -0.25) is 9.78 Å². The molecule has 1 saturated heterocycles. The van der Waals surface area contributed by atoms with Gasteiger partial charge >= 0.3 is 0 Å². The number of pyridine rings is 2. The van der Waals surface area contributed by atoms with Crippen LogP contribution in [0.5, 0.6) is 0 Å². The second-order valence-corrected chi connectivity index (χ2v) is 7.84. The number of carbonyl (C=O) groups is 1. The van der Waals surface area contributed by atoms with Crippen LogP contribution in [0, 0.1) is 6.92 Å².